The van der Waals surface area contributed by atoms with Gasteiger partial charge in [-0.2, -0.15) is 0 Å². The first-order valence-electron chi connectivity index (χ1n) is 3.14. The number of likely N-dealkylation sites (N-methyl/N-ethyl adjacent to an activating group) is 1. The first-order valence-corrected chi connectivity index (χ1v) is 3.14. The molecule has 2 N–H and O–H groups in total. The highest BCUT2D eigenvalue weighted by atomic mass is 16.7. The lowest BCUT2D eigenvalue weighted by atomic mass is 10.1. The van der Waals surface area contributed by atoms with Crippen molar-refractivity contribution in [2.24, 2.45) is 0 Å². The smallest absolute Gasteiger partial charge is 0.0745 e. The van der Waals surface area contributed by atoms with Crippen molar-refractivity contribution in [3.05, 3.63) is 0 Å². The van der Waals surface area contributed by atoms with Gasteiger partial charge in [-0.05, 0) is 19.1 Å². The molecule has 0 amide bonds. The van der Waals surface area contributed by atoms with Crippen LogP contribution in [-0.2, 0) is 0 Å². The molecular formula is C5H13N3O2. The van der Waals surface area contributed by atoms with E-state index in [1.807, 2.05) is 13.8 Å². The maximum Gasteiger partial charge on any atom is 0.0745 e. The summed E-state index contributed by atoms with van der Waals surface area (Å²) in [6.07, 6.45) is 0. The Morgan fingerprint density at radius 1 is 1.30 bits per heavy atom. The molecule has 0 unspecified atom stereocenters. The van der Waals surface area contributed by atoms with Crippen LogP contribution in [0.25, 0.3) is 0 Å². The molecule has 1 fully saturated rings. The fourth-order valence-electron chi connectivity index (χ4n) is 1.07. The molecule has 1 aliphatic rings. The van der Waals surface area contributed by atoms with E-state index < -0.39 is 5.54 Å². The zero-order chi connectivity index (χ0) is 7.94. The van der Waals surface area contributed by atoms with Gasteiger partial charge in [0.05, 0.1) is 5.54 Å². The molecule has 1 heterocycles. The van der Waals surface area contributed by atoms with Crippen molar-refractivity contribution >= 4 is 0 Å². The molecule has 0 aromatic heterocycles. The third-order valence-electron chi connectivity index (χ3n) is 1.63. The normalized spacial score (nSPS) is 29.7. The third-order valence-corrected chi connectivity index (χ3v) is 1.63. The second kappa shape index (κ2) is 2.14. The summed E-state index contributed by atoms with van der Waals surface area (Å²) in [5, 5.41) is 21.2. The van der Waals surface area contributed by atoms with Crippen LogP contribution in [0, 0.1) is 0 Å². The minimum absolute atomic E-state index is 0.413. The van der Waals surface area contributed by atoms with Gasteiger partial charge in [-0.3, -0.25) is 10.4 Å². The van der Waals surface area contributed by atoms with Crippen LogP contribution in [0.15, 0.2) is 0 Å². The number of hydroxylamine groups is 1. The van der Waals surface area contributed by atoms with E-state index in [4.69, 9.17) is 10.4 Å². The van der Waals surface area contributed by atoms with E-state index in [2.05, 4.69) is 0 Å². The van der Waals surface area contributed by atoms with Gasteiger partial charge in [0.2, 0.25) is 0 Å². The molecule has 1 saturated heterocycles. The second-order valence-corrected chi connectivity index (χ2v) is 3.19. The van der Waals surface area contributed by atoms with Crippen molar-refractivity contribution in [1.29, 1.82) is 0 Å². The molecule has 0 aromatic rings. The number of hydrogen-bond acceptors (Lipinski definition) is 5. The molecule has 0 aromatic carbocycles. The Labute approximate surface area is 59.9 Å². The standard InChI is InChI=1S/C5H13N3O2/c1-5(2)4-6(3)8(10)7(5)9/h9-10H,4H2,1-3H3. The SMILES string of the molecule is CN1CC(C)(C)N(O)N1O. The van der Waals surface area contributed by atoms with Gasteiger partial charge in [-0.1, -0.05) is 5.17 Å². The maximum absolute atomic E-state index is 9.16. The lowest BCUT2D eigenvalue weighted by Gasteiger charge is -2.25. The number of hydrazine groups is 2. The lowest BCUT2D eigenvalue weighted by molar-refractivity contribution is -0.425. The molecule has 0 radical (unpaired) electrons. The summed E-state index contributed by atoms with van der Waals surface area (Å²) < 4.78 is 0. The van der Waals surface area contributed by atoms with E-state index in [1.165, 1.54) is 5.01 Å². The summed E-state index contributed by atoms with van der Waals surface area (Å²) in [4.78, 5) is 0. The summed E-state index contributed by atoms with van der Waals surface area (Å²) in [5.41, 5.74) is -0.413. The van der Waals surface area contributed by atoms with Crippen molar-refractivity contribution in [2.45, 2.75) is 19.4 Å². The van der Waals surface area contributed by atoms with Gasteiger partial charge in [-0.15, -0.1) is 0 Å². The summed E-state index contributed by atoms with van der Waals surface area (Å²) in [6.45, 7) is 4.26. The molecule has 10 heavy (non-hydrogen) atoms. The van der Waals surface area contributed by atoms with Crippen LogP contribution in [0.3, 0.4) is 0 Å². The van der Waals surface area contributed by atoms with Crippen molar-refractivity contribution < 1.29 is 10.4 Å². The highest BCUT2D eigenvalue weighted by Gasteiger charge is 2.40. The highest BCUT2D eigenvalue weighted by molar-refractivity contribution is 4.80. The van der Waals surface area contributed by atoms with Crippen LogP contribution >= 0.6 is 0 Å². The minimum atomic E-state index is -0.413. The molecule has 0 aliphatic carbocycles. The van der Waals surface area contributed by atoms with E-state index in [9.17, 15) is 0 Å². The predicted molar refractivity (Wildman–Crippen MR) is 34.0 cm³/mol. The summed E-state index contributed by atoms with van der Waals surface area (Å²) in [7, 11) is 1.69. The third kappa shape index (κ3) is 1.02. The van der Waals surface area contributed by atoms with Gasteiger partial charge >= 0.3 is 0 Å². The average Bonchev–Trinajstić information content (AvgIpc) is 1.95. The largest absolute Gasteiger partial charge is 0.295 e. The van der Waals surface area contributed by atoms with Crippen molar-refractivity contribution in [3.63, 3.8) is 0 Å². The van der Waals surface area contributed by atoms with E-state index in [1.54, 1.807) is 7.05 Å². The van der Waals surface area contributed by atoms with Crippen LogP contribution in [-0.4, -0.2) is 45.0 Å². The number of nitrogens with zero attached hydrogens (tertiary/aromatic N) is 3. The quantitative estimate of drug-likeness (QED) is 0.502. The summed E-state index contributed by atoms with van der Waals surface area (Å²) in [6, 6.07) is 0. The molecule has 0 bridgehead atoms. The highest BCUT2D eigenvalue weighted by Crippen LogP contribution is 2.22. The van der Waals surface area contributed by atoms with Crippen LogP contribution in [0.5, 0.6) is 0 Å². The van der Waals surface area contributed by atoms with E-state index in [0.29, 0.717) is 11.8 Å². The zero-order valence-corrected chi connectivity index (χ0v) is 6.44. The van der Waals surface area contributed by atoms with Crippen LogP contribution in [0.2, 0.25) is 0 Å². The zero-order valence-electron chi connectivity index (χ0n) is 6.44. The van der Waals surface area contributed by atoms with Gasteiger partial charge in [0.25, 0.3) is 0 Å². The van der Waals surface area contributed by atoms with E-state index >= 15 is 0 Å². The number of rotatable bonds is 0. The first kappa shape index (κ1) is 7.90. The second-order valence-electron chi connectivity index (χ2n) is 3.19. The fraction of sp³-hybridized carbons (Fsp3) is 1.00. The predicted octanol–water partition coefficient (Wildman–Crippen LogP) is -0.0772. The first-order chi connectivity index (χ1) is 4.45. The molecule has 1 aliphatic heterocycles. The lowest BCUT2D eigenvalue weighted by Crippen LogP contribution is -2.44. The van der Waals surface area contributed by atoms with Crippen molar-refractivity contribution in [3.8, 4) is 0 Å². The topological polar surface area (TPSA) is 50.2 Å². The molecule has 5 heteroatoms. The minimum Gasteiger partial charge on any atom is -0.295 e. The number of hydrogen-bond donors (Lipinski definition) is 2. The Balaban J connectivity index is 2.71. The summed E-state index contributed by atoms with van der Waals surface area (Å²) >= 11 is 0. The Bertz CT molecular complexity index is 139. The van der Waals surface area contributed by atoms with Gasteiger partial charge in [-0.25, -0.2) is 5.01 Å². The van der Waals surface area contributed by atoms with Gasteiger partial charge in [0.1, 0.15) is 0 Å². The molecule has 1 rings (SSSR count). The van der Waals surface area contributed by atoms with Gasteiger partial charge in [0.15, 0.2) is 0 Å². The van der Waals surface area contributed by atoms with Gasteiger partial charge in [0, 0.05) is 13.6 Å². The van der Waals surface area contributed by atoms with Crippen LogP contribution in [0.4, 0.5) is 0 Å². The van der Waals surface area contributed by atoms with Gasteiger partial charge < -0.3 is 0 Å². The Morgan fingerprint density at radius 2 is 1.80 bits per heavy atom. The maximum atomic E-state index is 9.16. The Morgan fingerprint density at radius 3 is 1.90 bits per heavy atom. The van der Waals surface area contributed by atoms with Crippen molar-refractivity contribution in [2.75, 3.05) is 13.6 Å². The van der Waals surface area contributed by atoms with Crippen molar-refractivity contribution in [1.82, 2.24) is 15.5 Å². The Kier molecular flexibility index (Phi) is 1.69. The summed E-state index contributed by atoms with van der Waals surface area (Å²) in [5.74, 6) is 0. The van der Waals surface area contributed by atoms with E-state index in [0.717, 1.165) is 5.17 Å². The Hall–Kier alpha value is -0.200. The molecular weight excluding hydrogens is 134 g/mol. The van der Waals surface area contributed by atoms with Crippen LogP contribution < -0.4 is 0 Å². The molecule has 60 valence electrons. The molecule has 0 spiro atoms. The monoisotopic (exact) mass is 147 g/mol. The average molecular weight is 147 g/mol. The fourth-order valence-corrected chi connectivity index (χ4v) is 1.07. The molecule has 0 atom stereocenters. The van der Waals surface area contributed by atoms with Crippen LogP contribution in [0.1, 0.15) is 13.8 Å². The van der Waals surface area contributed by atoms with E-state index in [-0.39, 0.29) is 0 Å². The molecule has 0 saturated carbocycles. The molecule has 5 nitrogen and oxygen atoms in total.